The van der Waals surface area contributed by atoms with Gasteiger partial charge in [0.05, 0.1) is 0 Å². The van der Waals surface area contributed by atoms with Crippen molar-refractivity contribution in [3.63, 3.8) is 0 Å². The zero-order valence-corrected chi connectivity index (χ0v) is 9.38. The van der Waals surface area contributed by atoms with Crippen LogP contribution in [0.1, 0.15) is 21.9 Å². The van der Waals surface area contributed by atoms with E-state index in [0.29, 0.717) is 17.9 Å². The van der Waals surface area contributed by atoms with Gasteiger partial charge in [0.2, 0.25) is 12.6 Å². The van der Waals surface area contributed by atoms with Crippen LogP contribution < -0.4 is 9.47 Å². The van der Waals surface area contributed by atoms with E-state index in [-0.39, 0.29) is 12.6 Å². The van der Waals surface area contributed by atoms with Crippen molar-refractivity contribution in [3.05, 3.63) is 47.4 Å². The fraction of sp³-hybridized carbons (Fsp3) is 0.154. The Balaban J connectivity index is 1.81. The Labute approximate surface area is 103 Å². The molecule has 0 spiro atoms. The molecule has 0 fully saturated rings. The molecule has 1 aromatic heterocycles. The van der Waals surface area contributed by atoms with Gasteiger partial charge >= 0.3 is 5.97 Å². The molecule has 2 aromatic rings. The SMILES string of the molecule is O=C(O)c1ccc(Cc2ccc3c(c2)OCO3)o1. The van der Waals surface area contributed by atoms with Crippen LogP contribution in [0.3, 0.4) is 0 Å². The Kier molecular flexibility index (Phi) is 2.44. The van der Waals surface area contributed by atoms with Crippen LogP contribution in [-0.2, 0) is 6.42 Å². The molecule has 3 rings (SSSR count). The summed E-state index contributed by atoms with van der Waals surface area (Å²) >= 11 is 0. The monoisotopic (exact) mass is 246 g/mol. The van der Waals surface area contributed by atoms with Crippen molar-refractivity contribution in [2.75, 3.05) is 6.79 Å². The molecule has 5 heteroatoms. The summed E-state index contributed by atoms with van der Waals surface area (Å²) in [6.45, 7) is 0.239. The van der Waals surface area contributed by atoms with E-state index in [1.807, 2.05) is 18.2 Å². The molecule has 0 radical (unpaired) electrons. The molecule has 1 N–H and O–H groups in total. The highest BCUT2D eigenvalue weighted by molar-refractivity contribution is 5.84. The van der Waals surface area contributed by atoms with E-state index in [1.54, 1.807) is 6.07 Å². The second-order valence-corrected chi connectivity index (χ2v) is 3.94. The van der Waals surface area contributed by atoms with Crippen LogP contribution in [0.2, 0.25) is 0 Å². The average molecular weight is 246 g/mol. The molecule has 0 aliphatic carbocycles. The van der Waals surface area contributed by atoms with Crippen LogP contribution in [0.25, 0.3) is 0 Å². The van der Waals surface area contributed by atoms with E-state index in [2.05, 4.69) is 0 Å². The number of hydrogen-bond donors (Lipinski definition) is 1. The summed E-state index contributed by atoms with van der Waals surface area (Å²) < 4.78 is 15.7. The Morgan fingerprint density at radius 2 is 2.00 bits per heavy atom. The third kappa shape index (κ3) is 1.90. The maximum absolute atomic E-state index is 10.7. The predicted octanol–water partition coefficient (Wildman–Crippen LogP) is 2.30. The Morgan fingerprint density at radius 3 is 2.78 bits per heavy atom. The zero-order chi connectivity index (χ0) is 12.5. The standard InChI is InChI=1S/C13H10O5/c14-13(15)11-4-2-9(18-11)5-8-1-3-10-12(6-8)17-7-16-10/h1-4,6H,5,7H2,(H,14,15). The molecule has 0 amide bonds. The minimum absolute atomic E-state index is 0.0502. The predicted molar refractivity (Wildman–Crippen MR) is 61.0 cm³/mol. The van der Waals surface area contributed by atoms with E-state index < -0.39 is 5.97 Å². The number of carboxylic acid groups (broad SMARTS) is 1. The minimum Gasteiger partial charge on any atom is -0.475 e. The fourth-order valence-corrected chi connectivity index (χ4v) is 1.84. The summed E-state index contributed by atoms with van der Waals surface area (Å²) in [6, 6.07) is 8.71. The van der Waals surface area contributed by atoms with Gasteiger partial charge in [-0.3, -0.25) is 0 Å². The summed E-state index contributed by atoms with van der Waals surface area (Å²) in [7, 11) is 0. The molecule has 0 unspecified atom stereocenters. The minimum atomic E-state index is -1.06. The number of ether oxygens (including phenoxy) is 2. The van der Waals surface area contributed by atoms with E-state index >= 15 is 0 Å². The Hall–Kier alpha value is -2.43. The maximum atomic E-state index is 10.7. The molecule has 92 valence electrons. The Morgan fingerprint density at radius 1 is 1.17 bits per heavy atom. The first-order chi connectivity index (χ1) is 8.72. The third-order valence-electron chi connectivity index (χ3n) is 2.69. The van der Waals surface area contributed by atoms with Crippen molar-refractivity contribution in [2.24, 2.45) is 0 Å². The molecule has 0 saturated carbocycles. The van der Waals surface area contributed by atoms with Gasteiger partial charge in [0, 0.05) is 6.42 Å². The van der Waals surface area contributed by atoms with Gasteiger partial charge in [-0.25, -0.2) is 4.79 Å². The van der Waals surface area contributed by atoms with Crippen molar-refractivity contribution in [2.45, 2.75) is 6.42 Å². The molecular formula is C13H10O5. The van der Waals surface area contributed by atoms with Crippen LogP contribution in [0.4, 0.5) is 0 Å². The molecule has 0 bridgehead atoms. The van der Waals surface area contributed by atoms with Crippen LogP contribution in [0, 0.1) is 0 Å². The number of hydrogen-bond acceptors (Lipinski definition) is 4. The van der Waals surface area contributed by atoms with Crippen LogP contribution in [-0.4, -0.2) is 17.9 Å². The van der Waals surface area contributed by atoms with E-state index in [4.69, 9.17) is 19.0 Å². The molecule has 0 atom stereocenters. The van der Waals surface area contributed by atoms with Gasteiger partial charge in [-0.1, -0.05) is 6.07 Å². The van der Waals surface area contributed by atoms with Crippen molar-refractivity contribution in [3.8, 4) is 11.5 Å². The maximum Gasteiger partial charge on any atom is 0.371 e. The summed E-state index contributed by atoms with van der Waals surface area (Å²) in [5, 5.41) is 8.76. The number of furan rings is 1. The lowest BCUT2D eigenvalue weighted by molar-refractivity contribution is 0.0660. The van der Waals surface area contributed by atoms with Crippen LogP contribution >= 0.6 is 0 Å². The first-order valence-corrected chi connectivity index (χ1v) is 5.43. The molecular weight excluding hydrogens is 236 g/mol. The zero-order valence-electron chi connectivity index (χ0n) is 9.38. The first-order valence-electron chi connectivity index (χ1n) is 5.43. The molecule has 18 heavy (non-hydrogen) atoms. The van der Waals surface area contributed by atoms with Crippen LogP contribution in [0.15, 0.2) is 34.7 Å². The number of aromatic carboxylic acids is 1. The van der Waals surface area contributed by atoms with Crippen molar-refractivity contribution >= 4 is 5.97 Å². The molecule has 5 nitrogen and oxygen atoms in total. The van der Waals surface area contributed by atoms with Crippen molar-refractivity contribution < 1.29 is 23.8 Å². The summed E-state index contributed by atoms with van der Waals surface area (Å²) in [5.74, 6) is 0.922. The molecule has 1 aromatic carbocycles. The number of carbonyl (C=O) groups is 1. The van der Waals surface area contributed by atoms with Crippen LogP contribution in [0.5, 0.6) is 11.5 Å². The molecule has 2 heterocycles. The van der Waals surface area contributed by atoms with E-state index in [1.165, 1.54) is 6.07 Å². The average Bonchev–Trinajstić information content (AvgIpc) is 2.96. The van der Waals surface area contributed by atoms with Gasteiger partial charge in [-0.15, -0.1) is 0 Å². The topological polar surface area (TPSA) is 68.9 Å². The smallest absolute Gasteiger partial charge is 0.371 e. The van der Waals surface area contributed by atoms with Gasteiger partial charge < -0.3 is 19.0 Å². The second kappa shape index (κ2) is 4.10. The molecule has 1 aliphatic rings. The molecule has 0 saturated heterocycles. The Bertz CT molecular complexity index is 599. The number of carboxylic acids is 1. The van der Waals surface area contributed by atoms with Crippen molar-refractivity contribution in [1.29, 1.82) is 0 Å². The summed E-state index contributed by atoms with van der Waals surface area (Å²) in [6.07, 6.45) is 0.518. The number of benzene rings is 1. The summed E-state index contributed by atoms with van der Waals surface area (Å²) in [5.41, 5.74) is 0.977. The normalized spacial score (nSPS) is 12.7. The van der Waals surface area contributed by atoms with E-state index in [9.17, 15) is 4.79 Å². The number of fused-ring (bicyclic) bond motifs is 1. The molecule has 1 aliphatic heterocycles. The second-order valence-electron chi connectivity index (χ2n) is 3.94. The van der Waals surface area contributed by atoms with Gasteiger partial charge in [0.15, 0.2) is 11.5 Å². The lowest BCUT2D eigenvalue weighted by atomic mass is 10.1. The quantitative estimate of drug-likeness (QED) is 0.899. The van der Waals surface area contributed by atoms with Gasteiger partial charge in [-0.2, -0.15) is 0 Å². The van der Waals surface area contributed by atoms with Gasteiger partial charge in [0.1, 0.15) is 5.76 Å². The highest BCUT2D eigenvalue weighted by Crippen LogP contribution is 2.33. The van der Waals surface area contributed by atoms with Gasteiger partial charge in [-0.05, 0) is 29.8 Å². The highest BCUT2D eigenvalue weighted by atomic mass is 16.7. The third-order valence-corrected chi connectivity index (χ3v) is 2.69. The summed E-state index contributed by atoms with van der Waals surface area (Å²) in [4.78, 5) is 10.7. The lowest BCUT2D eigenvalue weighted by Gasteiger charge is -2.00. The van der Waals surface area contributed by atoms with Crippen molar-refractivity contribution in [1.82, 2.24) is 0 Å². The largest absolute Gasteiger partial charge is 0.475 e. The first kappa shape index (κ1) is 10.7. The van der Waals surface area contributed by atoms with E-state index in [0.717, 1.165) is 11.3 Å². The number of rotatable bonds is 3. The highest BCUT2D eigenvalue weighted by Gasteiger charge is 2.14. The van der Waals surface area contributed by atoms with Gasteiger partial charge in [0.25, 0.3) is 0 Å². The lowest BCUT2D eigenvalue weighted by Crippen LogP contribution is -1.93. The fourth-order valence-electron chi connectivity index (χ4n) is 1.84.